The molecule has 0 bridgehead atoms. The van der Waals surface area contributed by atoms with Crippen LogP contribution < -0.4 is 9.80 Å². The van der Waals surface area contributed by atoms with Crippen molar-refractivity contribution in [3.63, 3.8) is 0 Å². The Morgan fingerprint density at radius 1 is 0.356 bits per heavy atom. The van der Waals surface area contributed by atoms with Gasteiger partial charge < -0.3 is 14.4 Å². The molecule has 0 aliphatic rings. The number of aromatic nitrogens is 1. The lowest BCUT2D eigenvalue weighted by Crippen LogP contribution is -2.11. The number of aryl methyl sites for hydroxylation is 1. The predicted molar refractivity (Wildman–Crippen MR) is 253 cm³/mol. The smallest absolute Gasteiger partial charge is 0.0548 e. The third-order valence-corrected chi connectivity index (χ3v) is 12.6. The lowest BCUT2D eigenvalue weighted by atomic mass is 10.0. The molecule has 2 heterocycles. The van der Waals surface area contributed by atoms with Crippen LogP contribution in [-0.4, -0.2) is 4.57 Å². The zero-order valence-corrected chi connectivity index (χ0v) is 33.4. The summed E-state index contributed by atoms with van der Waals surface area (Å²) >= 11 is 1.87. The zero-order chi connectivity index (χ0) is 39.3. The van der Waals surface area contributed by atoms with Crippen LogP contribution in [0.2, 0.25) is 0 Å². The number of rotatable bonds is 8. The zero-order valence-electron chi connectivity index (χ0n) is 32.5. The Hall–Kier alpha value is -7.40. The SMILES string of the molecule is Cc1ccccc1N(c1ccccc1)c1ccc(-n2c3ccc(-c4ccc(N(c5ccccc5)c5ccccc5)cc4)cc3c3cc4sc5ccccc5c4cc32)cc1. The molecule has 0 saturated heterocycles. The second kappa shape index (κ2) is 14.5. The molecule has 0 atom stereocenters. The largest absolute Gasteiger partial charge is 0.311 e. The van der Waals surface area contributed by atoms with Gasteiger partial charge in [0, 0.05) is 70.8 Å². The van der Waals surface area contributed by atoms with E-state index in [-0.39, 0.29) is 0 Å². The minimum absolute atomic E-state index is 1.12. The van der Waals surface area contributed by atoms with Crippen LogP contribution in [-0.2, 0) is 0 Å². The lowest BCUT2D eigenvalue weighted by molar-refractivity contribution is 1.17. The van der Waals surface area contributed by atoms with E-state index in [1.54, 1.807) is 0 Å². The van der Waals surface area contributed by atoms with Crippen molar-refractivity contribution >= 4 is 87.4 Å². The number of para-hydroxylation sites is 4. The molecule has 9 aromatic carbocycles. The number of benzene rings is 9. The fraction of sp³-hybridized carbons (Fsp3) is 0.0182. The second-order valence-corrected chi connectivity index (χ2v) is 16.1. The highest BCUT2D eigenvalue weighted by Gasteiger charge is 2.19. The first-order valence-electron chi connectivity index (χ1n) is 20.1. The molecule has 0 fully saturated rings. The number of anilines is 6. The van der Waals surface area contributed by atoms with Crippen molar-refractivity contribution in [2.75, 3.05) is 9.80 Å². The number of hydrogen-bond acceptors (Lipinski definition) is 3. The average molecular weight is 774 g/mol. The highest BCUT2D eigenvalue weighted by Crippen LogP contribution is 2.43. The van der Waals surface area contributed by atoms with Gasteiger partial charge in [-0.1, -0.05) is 109 Å². The summed E-state index contributed by atoms with van der Waals surface area (Å²) in [7, 11) is 0. The fourth-order valence-corrected chi connectivity index (χ4v) is 9.80. The van der Waals surface area contributed by atoms with Gasteiger partial charge in [-0.05, 0) is 133 Å². The Morgan fingerprint density at radius 2 is 0.881 bits per heavy atom. The maximum absolute atomic E-state index is 2.45. The van der Waals surface area contributed by atoms with E-state index in [0.717, 1.165) is 34.1 Å². The maximum atomic E-state index is 2.45. The molecule has 0 aliphatic heterocycles. The topological polar surface area (TPSA) is 11.4 Å². The Bertz CT molecular complexity index is 3220. The highest BCUT2D eigenvalue weighted by atomic mass is 32.1. The van der Waals surface area contributed by atoms with Crippen LogP contribution in [0, 0.1) is 6.92 Å². The van der Waals surface area contributed by atoms with E-state index in [2.05, 4.69) is 240 Å². The van der Waals surface area contributed by atoms with Crippen molar-refractivity contribution in [2.45, 2.75) is 6.92 Å². The molecule has 59 heavy (non-hydrogen) atoms. The summed E-state index contributed by atoms with van der Waals surface area (Å²) in [6, 6.07) is 79.0. The molecule has 11 rings (SSSR count). The first kappa shape index (κ1) is 34.8. The van der Waals surface area contributed by atoms with E-state index >= 15 is 0 Å². The van der Waals surface area contributed by atoms with Crippen LogP contribution in [0.4, 0.5) is 34.1 Å². The quantitative estimate of drug-likeness (QED) is 0.152. The van der Waals surface area contributed by atoms with E-state index in [1.165, 1.54) is 64.4 Å². The predicted octanol–water partition coefficient (Wildman–Crippen LogP) is 16.1. The molecule has 0 unspecified atom stereocenters. The molecular weight excluding hydrogens is 735 g/mol. The fourth-order valence-electron chi connectivity index (χ4n) is 8.67. The van der Waals surface area contributed by atoms with Gasteiger partial charge in [-0.15, -0.1) is 11.3 Å². The molecule has 3 nitrogen and oxygen atoms in total. The third-order valence-electron chi connectivity index (χ3n) is 11.5. The van der Waals surface area contributed by atoms with Crippen LogP contribution in [0.25, 0.3) is 58.8 Å². The molecule has 0 amide bonds. The van der Waals surface area contributed by atoms with Crippen molar-refractivity contribution in [2.24, 2.45) is 0 Å². The molecule has 2 aromatic heterocycles. The highest BCUT2D eigenvalue weighted by molar-refractivity contribution is 7.25. The summed E-state index contributed by atoms with van der Waals surface area (Å²) in [5.41, 5.74) is 13.9. The minimum Gasteiger partial charge on any atom is -0.311 e. The lowest BCUT2D eigenvalue weighted by Gasteiger charge is -2.27. The molecule has 0 saturated carbocycles. The average Bonchev–Trinajstić information content (AvgIpc) is 3.82. The molecule has 0 aliphatic carbocycles. The van der Waals surface area contributed by atoms with E-state index in [0.29, 0.717) is 0 Å². The normalized spacial score (nSPS) is 11.5. The van der Waals surface area contributed by atoms with Crippen LogP contribution in [0.15, 0.2) is 218 Å². The summed E-state index contributed by atoms with van der Waals surface area (Å²) in [6.45, 7) is 2.18. The van der Waals surface area contributed by atoms with Crippen LogP contribution >= 0.6 is 11.3 Å². The summed E-state index contributed by atoms with van der Waals surface area (Å²) in [4.78, 5) is 4.66. The van der Waals surface area contributed by atoms with Gasteiger partial charge in [-0.25, -0.2) is 0 Å². The van der Waals surface area contributed by atoms with Crippen LogP contribution in [0.1, 0.15) is 5.56 Å². The van der Waals surface area contributed by atoms with Crippen molar-refractivity contribution < 1.29 is 0 Å². The summed E-state index contributed by atoms with van der Waals surface area (Å²) in [6.07, 6.45) is 0. The first-order chi connectivity index (χ1) is 29.2. The van der Waals surface area contributed by atoms with Crippen LogP contribution in [0.5, 0.6) is 0 Å². The molecular formula is C55H39N3S. The van der Waals surface area contributed by atoms with Gasteiger partial charge in [0.25, 0.3) is 0 Å². The van der Waals surface area contributed by atoms with Crippen molar-refractivity contribution in [3.05, 3.63) is 224 Å². The molecule has 0 N–H and O–H groups in total. The number of thiophene rings is 1. The molecule has 11 aromatic rings. The molecule has 0 radical (unpaired) electrons. The summed E-state index contributed by atoms with van der Waals surface area (Å²) in [5, 5.41) is 5.10. The van der Waals surface area contributed by atoms with Crippen molar-refractivity contribution in [1.29, 1.82) is 0 Å². The van der Waals surface area contributed by atoms with Crippen molar-refractivity contribution in [3.8, 4) is 16.8 Å². The van der Waals surface area contributed by atoms with Gasteiger partial charge in [0.15, 0.2) is 0 Å². The van der Waals surface area contributed by atoms with E-state index in [4.69, 9.17) is 0 Å². The van der Waals surface area contributed by atoms with Gasteiger partial charge in [0.1, 0.15) is 0 Å². The van der Waals surface area contributed by atoms with Gasteiger partial charge >= 0.3 is 0 Å². The Labute approximate surface area is 347 Å². The Balaban J connectivity index is 1.05. The summed E-state index contributed by atoms with van der Waals surface area (Å²) in [5.74, 6) is 0. The van der Waals surface area contributed by atoms with E-state index in [9.17, 15) is 0 Å². The maximum Gasteiger partial charge on any atom is 0.0548 e. The van der Waals surface area contributed by atoms with E-state index < -0.39 is 0 Å². The van der Waals surface area contributed by atoms with E-state index in [1.807, 2.05) is 11.3 Å². The first-order valence-corrected chi connectivity index (χ1v) is 20.9. The van der Waals surface area contributed by atoms with Crippen LogP contribution in [0.3, 0.4) is 0 Å². The minimum atomic E-state index is 1.12. The Morgan fingerprint density at radius 3 is 1.56 bits per heavy atom. The number of fused-ring (bicyclic) bond motifs is 6. The van der Waals surface area contributed by atoms with Crippen molar-refractivity contribution in [1.82, 2.24) is 4.57 Å². The number of nitrogens with zero attached hydrogens (tertiary/aromatic N) is 3. The second-order valence-electron chi connectivity index (χ2n) is 15.1. The molecule has 4 heteroatoms. The summed E-state index contributed by atoms with van der Waals surface area (Å²) < 4.78 is 5.07. The van der Waals surface area contributed by atoms with Gasteiger partial charge in [-0.2, -0.15) is 0 Å². The molecule has 280 valence electrons. The van der Waals surface area contributed by atoms with Gasteiger partial charge in [0.05, 0.1) is 11.0 Å². The standard InChI is InChI=1S/C55H39N3S/c1-38-15-11-13-23-51(38)57(43-20-9-4-10-21-43)45-30-32-46(33-31-45)58-52-34-27-40(35-48(52)49-37-55-50(36-53(49)58)47-22-12-14-24-54(47)59-55)39-25-28-44(29-26-39)56(41-16-5-2-6-17-41)42-18-7-3-8-19-42/h2-37H,1H3. The van der Waals surface area contributed by atoms with Gasteiger partial charge in [-0.3, -0.25) is 0 Å². The number of hydrogen-bond donors (Lipinski definition) is 0. The molecule has 0 spiro atoms. The Kier molecular flexibility index (Phi) is 8.57. The monoisotopic (exact) mass is 773 g/mol. The van der Waals surface area contributed by atoms with Gasteiger partial charge in [0.2, 0.25) is 0 Å². The third kappa shape index (κ3) is 6.13.